The van der Waals surface area contributed by atoms with Crippen LogP contribution in [0.2, 0.25) is 0 Å². The second-order valence-corrected chi connectivity index (χ2v) is 4.18. The van der Waals surface area contributed by atoms with E-state index in [1.54, 1.807) is 26.7 Å². The lowest BCUT2D eigenvalue weighted by atomic mass is 10.0. The highest BCUT2D eigenvalue weighted by Crippen LogP contribution is 2.30. The minimum Gasteiger partial charge on any atom is -0.480 e. The Balaban J connectivity index is 2.46. The molecule has 0 saturated heterocycles. The summed E-state index contributed by atoms with van der Waals surface area (Å²) >= 11 is 0. The molecule has 0 aliphatic heterocycles. The number of hydrogen-bond donors (Lipinski definition) is 1. The summed E-state index contributed by atoms with van der Waals surface area (Å²) in [6.07, 6.45) is 4.07. The Hall–Kier alpha value is -2.08. The lowest BCUT2D eigenvalue weighted by molar-refractivity contribution is 0.353. The van der Waals surface area contributed by atoms with Gasteiger partial charge >= 0.3 is 0 Å². The fourth-order valence-electron chi connectivity index (χ4n) is 2.15. The molecule has 6 nitrogen and oxygen atoms in total. The predicted octanol–water partition coefficient (Wildman–Crippen LogP) is 1.96. The molecule has 0 radical (unpaired) electrons. The van der Waals surface area contributed by atoms with Crippen LogP contribution < -0.4 is 14.8 Å². The second-order valence-electron chi connectivity index (χ2n) is 4.18. The SMILES string of the molecule is CCc1occc1C(NC)c1ncc(OC)nc1OC. The van der Waals surface area contributed by atoms with E-state index in [0.29, 0.717) is 17.5 Å². The second kappa shape index (κ2) is 6.38. The smallest absolute Gasteiger partial charge is 0.240 e. The highest BCUT2D eigenvalue weighted by atomic mass is 16.5. The molecule has 0 fully saturated rings. The standard InChI is InChI=1S/C14H19N3O3/c1-5-10-9(6-7-20-10)12(15-2)13-14(19-4)17-11(18-3)8-16-13/h6-8,12,15H,5H2,1-4H3. The van der Waals surface area contributed by atoms with Gasteiger partial charge in [-0.2, -0.15) is 4.98 Å². The van der Waals surface area contributed by atoms with E-state index < -0.39 is 0 Å². The van der Waals surface area contributed by atoms with E-state index in [-0.39, 0.29) is 6.04 Å². The number of nitrogens with zero attached hydrogens (tertiary/aromatic N) is 2. The van der Waals surface area contributed by atoms with E-state index in [1.807, 2.05) is 20.0 Å². The molecule has 1 unspecified atom stereocenters. The summed E-state index contributed by atoms with van der Waals surface area (Å²) < 4.78 is 15.9. The van der Waals surface area contributed by atoms with E-state index in [1.165, 1.54) is 0 Å². The third-order valence-electron chi connectivity index (χ3n) is 3.12. The van der Waals surface area contributed by atoms with Crippen molar-refractivity contribution in [1.82, 2.24) is 15.3 Å². The summed E-state index contributed by atoms with van der Waals surface area (Å²) in [7, 11) is 4.97. The highest BCUT2D eigenvalue weighted by Gasteiger charge is 2.23. The van der Waals surface area contributed by atoms with Crippen LogP contribution in [0.25, 0.3) is 0 Å². The summed E-state index contributed by atoms with van der Waals surface area (Å²) in [5.74, 6) is 1.78. The minimum absolute atomic E-state index is 0.142. The van der Waals surface area contributed by atoms with Crippen molar-refractivity contribution < 1.29 is 13.9 Å². The number of furan rings is 1. The number of ether oxygens (including phenoxy) is 2. The van der Waals surface area contributed by atoms with Crippen LogP contribution >= 0.6 is 0 Å². The van der Waals surface area contributed by atoms with Gasteiger partial charge < -0.3 is 19.2 Å². The summed E-state index contributed by atoms with van der Waals surface area (Å²) in [6, 6.07) is 1.79. The van der Waals surface area contributed by atoms with Gasteiger partial charge in [0.05, 0.1) is 32.7 Å². The molecule has 2 heterocycles. The van der Waals surface area contributed by atoms with Gasteiger partial charge in [0.1, 0.15) is 11.5 Å². The van der Waals surface area contributed by atoms with E-state index >= 15 is 0 Å². The van der Waals surface area contributed by atoms with Crippen LogP contribution in [-0.4, -0.2) is 31.2 Å². The third kappa shape index (κ3) is 2.60. The molecule has 2 aromatic rings. The Labute approximate surface area is 118 Å². The van der Waals surface area contributed by atoms with Crippen LogP contribution in [0.4, 0.5) is 0 Å². The normalized spacial score (nSPS) is 12.2. The molecule has 2 rings (SSSR count). The van der Waals surface area contributed by atoms with Crippen LogP contribution in [0, 0.1) is 0 Å². The van der Waals surface area contributed by atoms with Gasteiger partial charge in [-0.3, -0.25) is 0 Å². The molecule has 0 spiro atoms. The predicted molar refractivity (Wildman–Crippen MR) is 74.1 cm³/mol. The van der Waals surface area contributed by atoms with Crippen LogP contribution in [0.3, 0.4) is 0 Å². The van der Waals surface area contributed by atoms with Gasteiger partial charge in [-0.15, -0.1) is 0 Å². The number of aromatic nitrogens is 2. The Morgan fingerprint density at radius 2 is 2.15 bits per heavy atom. The van der Waals surface area contributed by atoms with Crippen molar-refractivity contribution in [1.29, 1.82) is 0 Å². The van der Waals surface area contributed by atoms with E-state index in [4.69, 9.17) is 13.9 Å². The maximum absolute atomic E-state index is 5.48. The summed E-state index contributed by atoms with van der Waals surface area (Å²) in [5, 5.41) is 3.22. The van der Waals surface area contributed by atoms with Crippen molar-refractivity contribution in [3.8, 4) is 11.8 Å². The van der Waals surface area contributed by atoms with Gasteiger partial charge in [-0.05, 0) is 13.1 Å². The van der Waals surface area contributed by atoms with Crippen LogP contribution in [0.1, 0.15) is 30.0 Å². The Morgan fingerprint density at radius 1 is 1.35 bits per heavy atom. The fourth-order valence-corrected chi connectivity index (χ4v) is 2.15. The molecule has 108 valence electrons. The van der Waals surface area contributed by atoms with Gasteiger partial charge in [0, 0.05) is 12.0 Å². The fraction of sp³-hybridized carbons (Fsp3) is 0.429. The molecule has 0 aromatic carbocycles. The van der Waals surface area contributed by atoms with Gasteiger partial charge in [0.15, 0.2) is 0 Å². The monoisotopic (exact) mass is 277 g/mol. The topological polar surface area (TPSA) is 69.4 Å². The van der Waals surface area contributed by atoms with Gasteiger partial charge in [-0.1, -0.05) is 6.92 Å². The summed E-state index contributed by atoms with van der Waals surface area (Å²) in [6.45, 7) is 2.05. The zero-order valence-electron chi connectivity index (χ0n) is 12.1. The highest BCUT2D eigenvalue weighted by molar-refractivity contribution is 5.35. The zero-order valence-corrected chi connectivity index (χ0v) is 12.1. The van der Waals surface area contributed by atoms with E-state index in [2.05, 4.69) is 15.3 Å². The first-order valence-corrected chi connectivity index (χ1v) is 6.43. The van der Waals surface area contributed by atoms with Gasteiger partial charge in [-0.25, -0.2) is 4.98 Å². The van der Waals surface area contributed by atoms with Crippen molar-refractivity contribution in [2.75, 3.05) is 21.3 Å². The van der Waals surface area contributed by atoms with Crippen molar-refractivity contribution >= 4 is 0 Å². The van der Waals surface area contributed by atoms with Crippen molar-refractivity contribution in [2.45, 2.75) is 19.4 Å². The Bertz CT molecular complexity index is 569. The average Bonchev–Trinajstić information content (AvgIpc) is 2.96. The molecule has 0 bridgehead atoms. The maximum atomic E-state index is 5.48. The molecule has 1 atom stereocenters. The van der Waals surface area contributed by atoms with Crippen molar-refractivity contribution in [2.24, 2.45) is 0 Å². The molecule has 20 heavy (non-hydrogen) atoms. The van der Waals surface area contributed by atoms with Crippen LogP contribution in [0.5, 0.6) is 11.8 Å². The lowest BCUT2D eigenvalue weighted by Gasteiger charge is -2.17. The van der Waals surface area contributed by atoms with Crippen molar-refractivity contribution in [3.63, 3.8) is 0 Å². The molecule has 1 N–H and O–H groups in total. The minimum atomic E-state index is -0.142. The average molecular weight is 277 g/mol. The van der Waals surface area contributed by atoms with Crippen molar-refractivity contribution in [3.05, 3.63) is 35.5 Å². The van der Waals surface area contributed by atoms with Crippen LogP contribution in [-0.2, 0) is 6.42 Å². The summed E-state index contributed by atoms with van der Waals surface area (Å²) in [4.78, 5) is 8.67. The largest absolute Gasteiger partial charge is 0.480 e. The third-order valence-corrected chi connectivity index (χ3v) is 3.12. The Morgan fingerprint density at radius 3 is 2.75 bits per heavy atom. The molecular weight excluding hydrogens is 258 g/mol. The molecule has 2 aromatic heterocycles. The van der Waals surface area contributed by atoms with E-state index in [9.17, 15) is 0 Å². The quantitative estimate of drug-likeness (QED) is 0.870. The number of methoxy groups -OCH3 is 2. The number of aryl methyl sites for hydroxylation is 1. The number of nitrogens with one attached hydrogen (secondary N) is 1. The molecular formula is C14H19N3O3. The number of hydrogen-bond acceptors (Lipinski definition) is 6. The summed E-state index contributed by atoms with van der Waals surface area (Å²) in [5.41, 5.74) is 1.74. The Kier molecular flexibility index (Phi) is 4.57. The molecule has 0 saturated carbocycles. The molecule has 0 aliphatic rings. The van der Waals surface area contributed by atoms with E-state index in [0.717, 1.165) is 17.7 Å². The first-order valence-electron chi connectivity index (χ1n) is 6.43. The maximum Gasteiger partial charge on any atom is 0.240 e. The number of rotatable bonds is 6. The molecule has 0 aliphatic carbocycles. The lowest BCUT2D eigenvalue weighted by Crippen LogP contribution is -2.21. The first kappa shape index (κ1) is 14.3. The zero-order chi connectivity index (χ0) is 14.5. The van der Waals surface area contributed by atoms with Gasteiger partial charge in [0.25, 0.3) is 0 Å². The molecule has 6 heteroatoms. The van der Waals surface area contributed by atoms with Crippen LogP contribution in [0.15, 0.2) is 22.9 Å². The molecule has 0 amide bonds. The first-order chi connectivity index (χ1) is 9.74. The van der Waals surface area contributed by atoms with Gasteiger partial charge in [0.2, 0.25) is 11.8 Å².